The first-order valence-corrected chi connectivity index (χ1v) is 13.3. The van der Waals surface area contributed by atoms with Gasteiger partial charge in [-0.15, -0.1) is 11.6 Å². The van der Waals surface area contributed by atoms with Gasteiger partial charge in [0.15, 0.2) is 23.6 Å². The first-order chi connectivity index (χ1) is 18.5. The molecule has 39 heavy (non-hydrogen) atoms. The summed E-state index contributed by atoms with van der Waals surface area (Å²) in [6.45, 7) is 7.61. The lowest BCUT2D eigenvalue weighted by Crippen LogP contribution is -2.47. The molecule has 0 saturated carbocycles. The van der Waals surface area contributed by atoms with Gasteiger partial charge in [-0.05, 0) is 44.7 Å². The van der Waals surface area contributed by atoms with Crippen molar-refractivity contribution in [3.63, 3.8) is 0 Å². The molecule has 4 atom stereocenters. The van der Waals surface area contributed by atoms with Gasteiger partial charge in [0.25, 0.3) is 5.91 Å². The Bertz CT molecular complexity index is 1050. The summed E-state index contributed by atoms with van der Waals surface area (Å²) in [7, 11) is 0. The van der Waals surface area contributed by atoms with Crippen LogP contribution in [0.5, 0.6) is 5.75 Å². The quantitative estimate of drug-likeness (QED) is 0.191. The van der Waals surface area contributed by atoms with E-state index in [2.05, 4.69) is 10.3 Å². The molecule has 0 spiro atoms. The van der Waals surface area contributed by atoms with Crippen LogP contribution >= 0.6 is 11.6 Å². The smallest absolute Gasteiger partial charge is 0.463 e. The molecule has 1 N–H and O–H groups in total. The number of alkyl halides is 1. The molecule has 1 saturated heterocycles. The Balaban J connectivity index is 2.21. The van der Waals surface area contributed by atoms with E-state index in [9.17, 15) is 24.0 Å². The third kappa shape index (κ3) is 9.09. The molecule has 1 aliphatic heterocycles. The number of carbonyl (C=O) groups excluding carboxylic acids is 5. The fourth-order valence-corrected chi connectivity index (χ4v) is 3.80. The lowest BCUT2D eigenvalue weighted by molar-refractivity contribution is -0.176. The summed E-state index contributed by atoms with van der Waals surface area (Å²) in [5.41, 5.74) is 0.112. The molecule has 1 aliphatic rings. The zero-order valence-corrected chi connectivity index (χ0v) is 23.4. The minimum Gasteiger partial charge on any atom is -0.463 e. The van der Waals surface area contributed by atoms with Gasteiger partial charge in [0, 0.05) is 12.1 Å². The number of cyclic esters (lactones) is 2. The standard InChI is InChI=1S/C26H35ClN2O10/c1-6-17-21(38-23(31)14(2)3)16(5)37-25(33)18(13-36-24(17)32)29-22(30)19-20(15(4)9-11-28-19)39-26(34)35-12-8-7-10-27/h9,11,14,16-18,21H,6-8,10,12-13H2,1-5H3,(H,29,30)/t16-,17+,18-,21-/m0/s1. The Kier molecular flexibility index (Phi) is 12.4. The summed E-state index contributed by atoms with van der Waals surface area (Å²) >= 11 is 5.61. The molecule has 1 aromatic rings. The number of esters is 3. The number of nitrogens with one attached hydrogen (secondary N) is 1. The first-order valence-electron chi connectivity index (χ1n) is 12.7. The van der Waals surface area contributed by atoms with Gasteiger partial charge in [0.2, 0.25) is 0 Å². The van der Waals surface area contributed by atoms with Gasteiger partial charge in [0.05, 0.1) is 18.4 Å². The van der Waals surface area contributed by atoms with Crippen molar-refractivity contribution in [1.82, 2.24) is 10.3 Å². The number of aryl methyl sites for hydroxylation is 1. The summed E-state index contributed by atoms with van der Waals surface area (Å²) in [6.07, 6.45) is -0.364. The van der Waals surface area contributed by atoms with Crippen LogP contribution in [0.2, 0.25) is 0 Å². The van der Waals surface area contributed by atoms with Crippen LogP contribution < -0.4 is 10.1 Å². The van der Waals surface area contributed by atoms with Crippen molar-refractivity contribution >= 4 is 41.6 Å². The van der Waals surface area contributed by atoms with Crippen molar-refractivity contribution in [3.8, 4) is 5.75 Å². The van der Waals surface area contributed by atoms with E-state index in [1.165, 1.54) is 19.2 Å². The minimum absolute atomic E-state index is 0.0795. The van der Waals surface area contributed by atoms with Crippen LogP contribution in [-0.2, 0) is 33.3 Å². The fraction of sp³-hybridized carbons (Fsp3) is 0.615. The molecule has 1 amide bonds. The first kappa shape index (κ1) is 31.8. The summed E-state index contributed by atoms with van der Waals surface area (Å²) in [6, 6.07) is 0.104. The van der Waals surface area contributed by atoms with E-state index < -0.39 is 66.7 Å². The van der Waals surface area contributed by atoms with E-state index in [-0.39, 0.29) is 24.5 Å². The summed E-state index contributed by atoms with van der Waals surface area (Å²) < 4.78 is 26.5. The van der Waals surface area contributed by atoms with Crippen LogP contribution in [0, 0.1) is 18.8 Å². The zero-order valence-electron chi connectivity index (χ0n) is 22.7. The van der Waals surface area contributed by atoms with Crippen molar-refractivity contribution in [2.24, 2.45) is 11.8 Å². The monoisotopic (exact) mass is 570 g/mol. The van der Waals surface area contributed by atoms with E-state index in [1.54, 1.807) is 27.7 Å². The molecular weight excluding hydrogens is 536 g/mol. The lowest BCUT2D eigenvalue weighted by atomic mass is 9.95. The van der Waals surface area contributed by atoms with Crippen LogP contribution in [0.15, 0.2) is 12.3 Å². The SMILES string of the molecule is CC[C@H]1C(=O)OC[C@H](NC(=O)c2nccc(C)c2OC(=O)OCCCCCl)C(=O)O[C@@H](C)[C@@H]1OC(=O)C(C)C. The number of halogens is 1. The van der Waals surface area contributed by atoms with Crippen LogP contribution in [0.4, 0.5) is 4.79 Å². The minimum atomic E-state index is -1.42. The Labute approximate surface area is 232 Å². The predicted octanol–water partition coefficient (Wildman–Crippen LogP) is 3.11. The molecule has 216 valence electrons. The highest BCUT2D eigenvalue weighted by atomic mass is 35.5. The second-order valence-corrected chi connectivity index (χ2v) is 9.65. The molecule has 0 aromatic carbocycles. The number of carbonyl (C=O) groups is 5. The second kappa shape index (κ2) is 15.2. The molecule has 13 heteroatoms. The highest BCUT2D eigenvalue weighted by Gasteiger charge is 2.41. The van der Waals surface area contributed by atoms with E-state index in [0.29, 0.717) is 24.3 Å². The largest absolute Gasteiger partial charge is 0.513 e. The predicted molar refractivity (Wildman–Crippen MR) is 137 cm³/mol. The molecule has 2 rings (SSSR count). The van der Waals surface area contributed by atoms with E-state index >= 15 is 0 Å². The van der Waals surface area contributed by atoms with E-state index in [4.69, 9.17) is 35.3 Å². The fourth-order valence-electron chi connectivity index (χ4n) is 3.61. The number of hydrogen-bond donors (Lipinski definition) is 1. The maximum absolute atomic E-state index is 13.1. The Morgan fingerprint density at radius 3 is 2.56 bits per heavy atom. The summed E-state index contributed by atoms with van der Waals surface area (Å²) in [5.74, 6) is -4.17. The van der Waals surface area contributed by atoms with Gasteiger partial charge < -0.3 is 29.0 Å². The van der Waals surface area contributed by atoms with Crippen molar-refractivity contribution in [1.29, 1.82) is 0 Å². The molecule has 1 fully saturated rings. The topological polar surface area (TPSA) is 156 Å². The Hall–Kier alpha value is -3.41. The number of amides is 1. The van der Waals surface area contributed by atoms with Gasteiger partial charge >= 0.3 is 24.1 Å². The van der Waals surface area contributed by atoms with Crippen molar-refractivity contribution in [3.05, 3.63) is 23.5 Å². The van der Waals surface area contributed by atoms with Crippen molar-refractivity contribution in [2.45, 2.75) is 72.1 Å². The lowest BCUT2D eigenvalue weighted by Gasteiger charge is -2.29. The zero-order chi connectivity index (χ0) is 29.1. The molecule has 1 aromatic heterocycles. The maximum Gasteiger partial charge on any atom is 0.513 e. The molecule has 2 heterocycles. The van der Waals surface area contributed by atoms with Crippen LogP contribution in [0.25, 0.3) is 0 Å². The number of ether oxygens (including phenoxy) is 5. The van der Waals surface area contributed by atoms with Gasteiger partial charge in [-0.1, -0.05) is 20.8 Å². The second-order valence-electron chi connectivity index (χ2n) is 9.27. The molecule has 0 aliphatic carbocycles. The molecule has 0 radical (unpaired) electrons. The highest BCUT2D eigenvalue weighted by Crippen LogP contribution is 2.25. The third-order valence-electron chi connectivity index (χ3n) is 5.86. The number of aromatic nitrogens is 1. The van der Waals surface area contributed by atoms with Crippen LogP contribution in [-0.4, -0.2) is 72.3 Å². The summed E-state index contributed by atoms with van der Waals surface area (Å²) in [4.78, 5) is 67.3. The Morgan fingerprint density at radius 2 is 1.92 bits per heavy atom. The van der Waals surface area contributed by atoms with Crippen LogP contribution in [0.3, 0.4) is 0 Å². The van der Waals surface area contributed by atoms with Gasteiger partial charge in [-0.25, -0.2) is 14.6 Å². The van der Waals surface area contributed by atoms with Gasteiger partial charge in [-0.3, -0.25) is 14.4 Å². The number of rotatable bonds is 10. The number of nitrogens with zero attached hydrogens (tertiary/aromatic N) is 1. The number of pyridine rings is 1. The van der Waals surface area contributed by atoms with Crippen molar-refractivity contribution in [2.75, 3.05) is 19.1 Å². The third-order valence-corrected chi connectivity index (χ3v) is 6.13. The Morgan fingerprint density at radius 1 is 1.21 bits per heavy atom. The molecular formula is C26H35ClN2O10. The van der Waals surface area contributed by atoms with E-state index in [0.717, 1.165) is 0 Å². The average molecular weight is 571 g/mol. The van der Waals surface area contributed by atoms with Crippen molar-refractivity contribution < 1.29 is 47.7 Å². The summed E-state index contributed by atoms with van der Waals surface area (Å²) in [5, 5.41) is 2.42. The van der Waals surface area contributed by atoms with E-state index in [1.807, 2.05) is 0 Å². The van der Waals surface area contributed by atoms with Gasteiger partial charge in [0.1, 0.15) is 12.7 Å². The molecule has 0 unspecified atom stereocenters. The number of unbranched alkanes of at least 4 members (excludes halogenated alkanes) is 1. The highest BCUT2D eigenvalue weighted by molar-refractivity contribution is 6.17. The molecule has 0 bridgehead atoms. The molecule has 12 nitrogen and oxygen atoms in total. The van der Waals surface area contributed by atoms with Crippen LogP contribution in [0.1, 0.15) is 63.0 Å². The average Bonchev–Trinajstić information content (AvgIpc) is 2.92. The maximum atomic E-state index is 13.1. The van der Waals surface area contributed by atoms with Gasteiger partial charge in [-0.2, -0.15) is 0 Å². The number of hydrogen-bond acceptors (Lipinski definition) is 11. The normalized spacial score (nSPS) is 21.5.